The van der Waals surface area contributed by atoms with Crippen molar-refractivity contribution in [3.8, 4) is 0 Å². The molecule has 0 saturated heterocycles. The van der Waals surface area contributed by atoms with Crippen molar-refractivity contribution in [3.05, 3.63) is 35.4 Å². The van der Waals surface area contributed by atoms with Crippen LogP contribution in [0.5, 0.6) is 0 Å². The topological polar surface area (TPSA) is 12.0 Å². The van der Waals surface area contributed by atoms with Crippen molar-refractivity contribution in [3.63, 3.8) is 0 Å². The predicted molar refractivity (Wildman–Crippen MR) is 65.0 cm³/mol. The lowest BCUT2D eigenvalue weighted by molar-refractivity contribution is 0.508. The number of hydrogen-bond donors (Lipinski definition) is 1. The number of hydrogen-bond acceptors (Lipinski definition) is 1. The molecule has 0 radical (unpaired) electrons. The number of rotatable bonds is 4. The zero-order valence-electron chi connectivity index (χ0n) is 10.6. The van der Waals surface area contributed by atoms with Crippen molar-refractivity contribution in [1.29, 1.82) is 0 Å². The van der Waals surface area contributed by atoms with E-state index in [9.17, 15) is 8.78 Å². The van der Waals surface area contributed by atoms with Gasteiger partial charge in [0.2, 0.25) is 0 Å². The summed E-state index contributed by atoms with van der Waals surface area (Å²) in [6.45, 7) is 7.05. The summed E-state index contributed by atoms with van der Waals surface area (Å²) in [5, 5.41) is 3.35. The second-order valence-corrected chi connectivity index (χ2v) is 5.51. The van der Waals surface area contributed by atoms with Gasteiger partial charge in [-0.25, -0.2) is 8.78 Å². The normalized spacial score (nSPS) is 27.5. The Morgan fingerprint density at radius 3 is 2.76 bits per heavy atom. The van der Waals surface area contributed by atoms with Gasteiger partial charge in [0.05, 0.1) is 0 Å². The predicted octanol–water partition coefficient (Wildman–Crippen LogP) is 3.24. The third-order valence-corrected chi connectivity index (χ3v) is 3.73. The van der Waals surface area contributed by atoms with Crippen molar-refractivity contribution >= 4 is 0 Å². The summed E-state index contributed by atoms with van der Waals surface area (Å²) in [5.74, 6) is -0.243. The fraction of sp³-hybridized carbons (Fsp3) is 0.571. The summed E-state index contributed by atoms with van der Waals surface area (Å²) in [6, 6.07) is 4.16. The van der Waals surface area contributed by atoms with Gasteiger partial charge in [0.15, 0.2) is 0 Å². The molecule has 0 bridgehead atoms. The van der Waals surface area contributed by atoms with Crippen LogP contribution < -0.4 is 5.32 Å². The molecule has 2 atom stereocenters. The lowest BCUT2D eigenvalue weighted by Crippen LogP contribution is -2.27. The van der Waals surface area contributed by atoms with Crippen molar-refractivity contribution in [2.75, 3.05) is 6.54 Å². The Morgan fingerprint density at radius 1 is 1.41 bits per heavy atom. The third kappa shape index (κ3) is 2.49. The Labute approximate surface area is 101 Å². The van der Waals surface area contributed by atoms with E-state index in [0.717, 1.165) is 13.0 Å². The average molecular weight is 239 g/mol. The van der Waals surface area contributed by atoms with E-state index in [1.54, 1.807) is 0 Å². The third-order valence-electron chi connectivity index (χ3n) is 3.73. The molecule has 2 rings (SSSR count). The van der Waals surface area contributed by atoms with Crippen LogP contribution >= 0.6 is 0 Å². The van der Waals surface area contributed by atoms with Crippen LogP contribution in [0.1, 0.15) is 32.8 Å². The molecule has 0 aromatic heterocycles. The lowest BCUT2D eigenvalue weighted by Gasteiger charge is -2.14. The zero-order valence-corrected chi connectivity index (χ0v) is 10.6. The van der Waals surface area contributed by atoms with E-state index in [4.69, 9.17) is 0 Å². The van der Waals surface area contributed by atoms with Gasteiger partial charge in [-0.2, -0.15) is 0 Å². The summed E-state index contributed by atoms with van der Waals surface area (Å²) < 4.78 is 26.9. The molecule has 2 unspecified atom stereocenters. The fourth-order valence-corrected chi connectivity index (χ4v) is 2.39. The van der Waals surface area contributed by atoms with E-state index < -0.39 is 0 Å². The first kappa shape index (κ1) is 12.5. The van der Waals surface area contributed by atoms with E-state index in [1.807, 2.05) is 6.92 Å². The molecular weight excluding hydrogens is 220 g/mol. The van der Waals surface area contributed by atoms with E-state index in [0.29, 0.717) is 17.5 Å². The number of nitrogens with one attached hydrogen (secondary N) is 1. The molecule has 1 fully saturated rings. The highest BCUT2D eigenvalue weighted by Crippen LogP contribution is 2.54. The molecule has 1 saturated carbocycles. The minimum Gasteiger partial charge on any atom is -0.314 e. The first-order valence-electron chi connectivity index (χ1n) is 6.12. The smallest absolute Gasteiger partial charge is 0.127 e. The molecule has 0 spiro atoms. The van der Waals surface area contributed by atoms with Crippen LogP contribution in [0.4, 0.5) is 8.78 Å². The SMILES string of the molecule is CC(C)NCC1CC1(C)c1cc(F)ccc1F. The maximum Gasteiger partial charge on any atom is 0.127 e. The lowest BCUT2D eigenvalue weighted by atomic mass is 9.94. The molecule has 17 heavy (non-hydrogen) atoms. The summed E-state index contributed by atoms with van der Waals surface area (Å²) in [7, 11) is 0. The molecule has 94 valence electrons. The highest BCUT2D eigenvalue weighted by molar-refractivity contribution is 5.34. The molecular formula is C14H19F2N. The zero-order chi connectivity index (χ0) is 12.6. The highest BCUT2D eigenvalue weighted by Gasteiger charge is 2.52. The quantitative estimate of drug-likeness (QED) is 0.850. The van der Waals surface area contributed by atoms with Gasteiger partial charge in [-0.15, -0.1) is 0 Å². The summed E-state index contributed by atoms with van der Waals surface area (Å²) in [4.78, 5) is 0. The molecule has 1 N–H and O–H groups in total. The Morgan fingerprint density at radius 2 is 2.12 bits per heavy atom. The summed E-state index contributed by atoms with van der Waals surface area (Å²) in [6.07, 6.45) is 0.924. The Hall–Kier alpha value is -0.960. The van der Waals surface area contributed by atoms with E-state index in [1.165, 1.54) is 18.2 Å². The first-order valence-corrected chi connectivity index (χ1v) is 6.12. The van der Waals surface area contributed by atoms with Crippen molar-refractivity contribution in [2.45, 2.75) is 38.6 Å². The van der Waals surface area contributed by atoms with Gasteiger partial charge in [0.25, 0.3) is 0 Å². The van der Waals surface area contributed by atoms with E-state index >= 15 is 0 Å². The van der Waals surface area contributed by atoms with Crippen molar-refractivity contribution in [1.82, 2.24) is 5.32 Å². The second kappa shape index (κ2) is 4.37. The van der Waals surface area contributed by atoms with Crippen LogP contribution in [-0.2, 0) is 5.41 Å². The molecule has 1 aromatic carbocycles. The largest absolute Gasteiger partial charge is 0.314 e. The van der Waals surface area contributed by atoms with Gasteiger partial charge in [-0.3, -0.25) is 0 Å². The molecule has 1 aliphatic carbocycles. The average Bonchev–Trinajstić information content (AvgIpc) is 2.92. The molecule has 1 nitrogen and oxygen atoms in total. The van der Waals surface area contributed by atoms with Gasteiger partial charge in [0, 0.05) is 6.04 Å². The Bertz CT molecular complexity index is 417. The van der Waals surface area contributed by atoms with Crippen molar-refractivity contribution < 1.29 is 8.78 Å². The summed E-state index contributed by atoms with van der Waals surface area (Å²) >= 11 is 0. The monoisotopic (exact) mass is 239 g/mol. The number of halogens is 2. The van der Waals surface area contributed by atoms with Crippen LogP contribution in [0.25, 0.3) is 0 Å². The van der Waals surface area contributed by atoms with Crippen LogP contribution in [-0.4, -0.2) is 12.6 Å². The molecule has 0 aliphatic heterocycles. The standard InChI is InChI=1S/C14H19F2N/c1-9(2)17-8-10-7-14(10,3)12-6-11(15)4-5-13(12)16/h4-6,9-10,17H,7-8H2,1-3H3. The van der Waals surface area contributed by atoms with Gasteiger partial charge >= 0.3 is 0 Å². The molecule has 1 aliphatic rings. The maximum absolute atomic E-state index is 13.7. The Balaban J connectivity index is 2.10. The van der Waals surface area contributed by atoms with Gasteiger partial charge < -0.3 is 5.32 Å². The van der Waals surface area contributed by atoms with E-state index in [2.05, 4.69) is 19.2 Å². The molecule has 0 heterocycles. The minimum absolute atomic E-state index is 0.200. The van der Waals surface area contributed by atoms with Crippen LogP contribution in [0.15, 0.2) is 18.2 Å². The van der Waals surface area contributed by atoms with E-state index in [-0.39, 0.29) is 17.0 Å². The van der Waals surface area contributed by atoms with Gasteiger partial charge in [0.1, 0.15) is 11.6 Å². The van der Waals surface area contributed by atoms with Gasteiger partial charge in [-0.05, 0) is 48.1 Å². The van der Waals surface area contributed by atoms with Crippen LogP contribution in [0, 0.1) is 17.6 Å². The minimum atomic E-state index is -0.356. The molecule has 3 heteroatoms. The first-order chi connectivity index (χ1) is 7.93. The fourth-order valence-electron chi connectivity index (χ4n) is 2.39. The molecule has 0 amide bonds. The second-order valence-electron chi connectivity index (χ2n) is 5.51. The number of benzene rings is 1. The molecule has 1 aromatic rings. The summed E-state index contributed by atoms with van der Waals surface area (Å²) in [5.41, 5.74) is 0.321. The Kier molecular flexibility index (Phi) is 3.21. The van der Waals surface area contributed by atoms with Crippen molar-refractivity contribution in [2.24, 2.45) is 5.92 Å². The maximum atomic E-state index is 13.7. The highest BCUT2D eigenvalue weighted by atomic mass is 19.1. The van der Waals surface area contributed by atoms with Crippen LogP contribution in [0.2, 0.25) is 0 Å². The van der Waals surface area contributed by atoms with Gasteiger partial charge in [-0.1, -0.05) is 20.8 Å². The van der Waals surface area contributed by atoms with Crippen LogP contribution in [0.3, 0.4) is 0 Å².